The predicted molar refractivity (Wildman–Crippen MR) is 110 cm³/mol. The van der Waals surface area contributed by atoms with Crippen molar-refractivity contribution >= 4 is 18.3 Å². The molecule has 0 aliphatic carbocycles. The van der Waals surface area contributed by atoms with E-state index in [2.05, 4.69) is 50.5 Å². The van der Waals surface area contributed by atoms with Crippen molar-refractivity contribution in [3.05, 3.63) is 35.4 Å². The molecule has 26 heavy (non-hydrogen) atoms. The van der Waals surface area contributed by atoms with Gasteiger partial charge >= 0.3 is 0 Å². The lowest BCUT2D eigenvalue weighted by atomic mass is 9.84. The summed E-state index contributed by atoms with van der Waals surface area (Å²) in [4.78, 5) is 12.2. The van der Waals surface area contributed by atoms with Crippen LogP contribution in [-0.4, -0.2) is 30.6 Å². The molecule has 2 unspecified atom stereocenters. The molecule has 1 aromatic rings. The molecule has 2 rings (SSSR count). The first-order chi connectivity index (χ1) is 11.8. The van der Waals surface area contributed by atoms with E-state index in [0.29, 0.717) is 18.3 Å². The van der Waals surface area contributed by atoms with Gasteiger partial charge in [0, 0.05) is 13.0 Å². The summed E-state index contributed by atoms with van der Waals surface area (Å²) in [6, 6.07) is 8.02. The van der Waals surface area contributed by atoms with Crippen molar-refractivity contribution < 1.29 is 9.90 Å². The molecule has 5 heteroatoms. The average molecular weight is 383 g/mol. The number of hydrogen-bond donors (Lipinski definition) is 3. The normalized spacial score (nSPS) is 17.9. The number of carbonyl (C=O) groups excluding carboxylic acids is 1. The number of rotatable bonds is 6. The predicted octanol–water partition coefficient (Wildman–Crippen LogP) is 3.58. The molecule has 1 fully saturated rings. The quantitative estimate of drug-likeness (QED) is 0.704. The Morgan fingerprint density at radius 3 is 2.35 bits per heavy atom. The van der Waals surface area contributed by atoms with Gasteiger partial charge in [0.1, 0.15) is 0 Å². The lowest BCUT2D eigenvalue weighted by molar-refractivity contribution is -0.122. The van der Waals surface area contributed by atoms with Crippen molar-refractivity contribution in [3.63, 3.8) is 0 Å². The SMILES string of the molecule is CC(CC(=O)NCC(O)c1ccc(C(C)(C)C)cc1)C1CCNCC1.Cl. The summed E-state index contributed by atoms with van der Waals surface area (Å²) in [5, 5.41) is 16.6. The summed E-state index contributed by atoms with van der Waals surface area (Å²) in [6.45, 7) is 11.1. The number of aliphatic hydroxyl groups is 1. The van der Waals surface area contributed by atoms with Crippen molar-refractivity contribution in [1.29, 1.82) is 0 Å². The summed E-state index contributed by atoms with van der Waals surface area (Å²) < 4.78 is 0. The first-order valence-corrected chi connectivity index (χ1v) is 9.53. The number of aliphatic hydroxyl groups excluding tert-OH is 1. The van der Waals surface area contributed by atoms with Gasteiger partial charge in [-0.25, -0.2) is 0 Å². The molecular weight excluding hydrogens is 348 g/mol. The van der Waals surface area contributed by atoms with Crippen LogP contribution in [-0.2, 0) is 10.2 Å². The highest BCUT2D eigenvalue weighted by molar-refractivity contribution is 5.85. The Morgan fingerprint density at radius 1 is 1.23 bits per heavy atom. The fourth-order valence-electron chi connectivity index (χ4n) is 3.48. The van der Waals surface area contributed by atoms with E-state index < -0.39 is 6.10 Å². The molecule has 0 spiro atoms. The summed E-state index contributed by atoms with van der Waals surface area (Å²) in [5.41, 5.74) is 2.19. The van der Waals surface area contributed by atoms with E-state index in [9.17, 15) is 9.90 Å². The first kappa shape index (κ1) is 22.9. The molecule has 0 aromatic heterocycles. The molecule has 1 aliphatic rings. The van der Waals surface area contributed by atoms with Crippen LogP contribution in [0.3, 0.4) is 0 Å². The monoisotopic (exact) mass is 382 g/mol. The van der Waals surface area contributed by atoms with Crippen LogP contribution in [0.2, 0.25) is 0 Å². The molecule has 148 valence electrons. The van der Waals surface area contributed by atoms with Gasteiger partial charge in [0.05, 0.1) is 6.10 Å². The molecule has 4 nitrogen and oxygen atoms in total. The molecule has 1 heterocycles. The standard InChI is InChI=1S/C21H34N2O2.ClH/c1-15(16-9-11-22-12-10-16)13-20(25)23-14-19(24)17-5-7-18(8-6-17)21(2,3)4;/h5-8,15-16,19,22,24H,9-14H2,1-4H3,(H,23,25);1H. The second-order valence-corrected chi connectivity index (χ2v) is 8.46. The van der Waals surface area contributed by atoms with Crippen LogP contribution in [0.25, 0.3) is 0 Å². The first-order valence-electron chi connectivity index (χ1n) is 9.53. The van der Waals surface area contributed by atoms with Gasteiger partial charge in [-0.05, 0) is 54.3 Å². The summed E-state index contributed by atoms with van der Waals surface area (Å²) in [5.74, 6) is 1.06. The molecular formula is C21H35ClN2O2. The van der Waals surface area contributed by atoms with Gasteiger partial charge in [-0.1, -0.05) is 52.0 Å². The highest BCUT2D eigenvalue weighted by Gasteiger charge is 2.22. The van der Waals surface area contributed by atoms with Crippen LogP contribution in [0.4, 0.5) is 0 Å². The zero-order chi connectivity index (χ0) is 18.4. The van der Waals surface area contributed by atoms with Crippen molar-refractivity contribution in [3.8, 4) is 0 Å². The van der Waals surface area contributed by atoms with Crippen molar-refractivity contribution in [2.24, 2.45) is 11.8 Å². The van der Waals surface area contributed by atoms with Gasteiger partial charge in [0.25, 0.3) is 0 Å². The fourth-order valence-corrected chi connectivity index (χ4v) is 3.48. The molecule has 3 N–H and O–H groups in total. The van der Waals surface area contributed by atoms with Gasteiger partial charge in [-0.15, -0.1) is 12.4 Å². The minimum absolute atomic E-state index is 0. The van der Waals surface area contributed by atoms with Crippen LogP contribution < -0.4 is 10.6 Å². The molecule has 0 radical (unpaired) electrons. The Morgan fingerprint density at radius 2 is 1.81 bits per heavy atom. The second kappa shape index (κ2) is 10.3. The molecule has 1 amide bonds. The molecule has 2 atom stereocenters. The van der Waals surface area contributed by atoms with E-state index >= 15 is 0 Å². The molecule has 1 aliphatic heterocycles. The third-order valence-corrected chi connectivity index (χ3v) is 5.35. The van der Waals surface area contributed by atoms with E-state index in [1.54, 1.807) is 0 Å². The Labute approximate surface area is 164 Å². The minimum atomic E-state index is -0.660. The maximum atomic E-state index is 12.2. The summed E-state index contributed by atoms with van der Waals surface area (Å²) in [6.07, 6.45) is 2.18. The maximum absolute atomic E-state index is 12.2. The lowest BCUT2D eigenvalue weighted by Crippen LogP contribution is -2.34. The number of hydrogen-bond acceptors (Lipinski definition) is 3. The Hall–Kier alpha value is -1.10. The smallest absolute Gasteiger partial charge is 0.220 e. The van der Waals surface area contributed by atoms with E-state index in [1.165, 1.54) is 5.56 Å². The van der Waals surface area contributed by atoms with Gasteiger partial charge in [0.2, 0.25) is 5.91 Å². The Balaban J connectivity index is 0.00000338. The van der Waals surface area contributed by atoms with Gasteiger partial charge in [-0.2, -0.15) is 0 Å². The second-order valence-electron chi connectivity index (χ2n) is 8.46. The molecule has 1 aromatic carbocycles. The van der Waals surface area contributed by atoms with Gasteiger partial charge in [-0.3, -0.25) is 4.79 Å². The maximum Gasteiger partial charge on any atom is 0.220 e. The highest BCUT2D eigenvalue weighted by atomic mass is 35.5. The zero-order valence-corrected chi connectivity index (χ0v) is 17.4. The highest BCUT2D eigenvalue weighted by Crippen LogP contribution is 2.25. The van der Waals surface area contributed by atoms with Crippen LogP contribution in [0, 0.1) is 11.8 Å². The van der Waals surface area contributed by atoms with Crippen LogP contribution in [0.5, 0.6) is 0 Å². The third kappa shape index (κ3) is 6.90. The summed E-state index contributed by atoms with van der Waals surface area (Å²) in [7, 11) is 0. The largest absolute Gasteiger partial charge is 0.387 e. The van der Waals surface area contributed by atoms with Crippen molar-refractivity contribution in [2.45, 2.75) is 58.5 Å². The number of halogens is 1. The van der Waals surface area contributed by atoms with E-state index in [1.807, 2.05) is 12.1 Å². The van der Waals surface area contributed by atoms with E-state index in [-0.39, 0.29) is 30.3 Å². The Kier molecular flexibility index (Phi) is 9.08. The van der Waals surface area contributed by atoms with E-state index in [4.69, 9.17) is 0 Å². The third-order valence-electron chi connectivity index (χ3n) is 5.35. The number of piperidine rings is 1. The van der Waals surface area contributed by atoms with Crippen LogP contribution in [0.15, 0.2) is 24.3 Å². The Bertz CT molecular complexity index is 548. The van der Waals surface area contributed by atoms with E-state index in [0.717, 1.165) is 31.5 Å². The molecule has 0 bridgehead atoms. The fraction of sp³-hybridized carbons (Fsp3) is 0.667. The topological polar surface area (TPSA) is 61.4 Å². The number of amides is 1. The molecule has 0 saturated carbocycles. The molecule has 1 saturated heterocycles. The number of benzene rings is 1. The minimum Gasteiger partial charge on any atom is -0.387 e. The van der Waals surface area contributed by atoms with Gasteiger partial charge < -0.3 is 15.7 Å². The van der Waals surface area contributed by atoms with Crippen molar-refractivity contribution in [2.75, 3.05) is 19.6 Å². The van der Waals surface area contributed by atoms with Crippen molar-refractivity contribution in [1.82, 2.24) is 10.6 Å². The number of nitrogens with one attached hydrogen (secondary N) is 2. The van der Waals surface area contributed by atoms with Crippen LogP contribution >= 0.6 is 12.4 Å². The lowest BCUT2D eigenvalue weighted by Gasteiger charge is -2.28. The zero-order valence-electron chi connectivity index (χ0n) is 16.5. The average Bonchev–Trinajstić information content (AvgIpc) is 2.59. The summed E-state index contributed by atoms with van der Waals surface area (Å²) >= 11 is 0. The number of carbonyl (C=O) groups is 1. The van der Waals surface area contributed by atoms with Gasteiger partial charge in [0.15, 0.2) is 0 Å². The van der Waals surface area contributed by atoms with Crippen LogP contribution in [0.1, 0.15) is 64.2 Å².